The normalized spacial score (nSPS) is 16.1. The Balaban J connectivity index is 2.20. The molecule has 0 radical (unpaired) electrons. The van der Waals surface area contributed by atoms with Gasteiger partial charge in [-0.3, -0.25) is 9.59 Å². The summed E-state index contributed by atoms with van der Waals surface area (Å²) in [4.78, 5) is 34.4. The van der Waals surface area contributed by atoms with Crippen molar-refractivity contribution in [3.8, 4) is 0 Å². The fraction of sp³-hybridized carbons (Fsp3) is 0.800. The van der Waals surface area contributed by atoms with Crippen LogP contribution in [0.5, 0.6) is 0 Å². The van der Waals surface area contributed by atoms with Crippen molar-refractivity contribution in [3.05, 3.63) is 0 Å². The highest BCUT2D eigenvalue weighted by Crippen LogP contribution is 2.33. The van der Waals surface area contributed by atoms with E-state index in [1.165, 1.54) is 0 Å². The third kappa shape index (κ3) is 7.11. The van der Waals surface area contributed by atoms with E-state index in [0.29, 0.717) is 25.3 Å². The molecule has 0 heterocycles. The number of carboxylic acid groups (broad SMARTS) is 1. The van der Waals surface area contributed by atoms with E-state index in [1.54, 1.807) is 0 Å². The second-order valence-corrected chi connectivity index (χ2v) is 6.75. The van der Waals surface area contributed by atoms with Gasteiger partial charge in [-0.15, -0.1) is 0 Å². The molecule has 6 nitrogen and oxygen atoms in total. The maximum atomic E-state index is 11.7. The zero-order valence-corrected chi connectivity index (χ0v) is 13.1. The Morgan fingerprint density at radius 2 is 1.86 bits per heavy atom. The molecule has 1 unspecified atom stereocenters. The van der Waals surface area contributed by atoms with Crippen LogP contribution < -0.4 is 10.6 Å². The topological polar surface area (TPSA) is 95.5 Å². The Kier molecular flexibility index (Phi) is 6.18. The minimum atomic E-state index is -0.976. The smallest absolute Gasteiger partial charge is 0.326 e. The standard InChI is InChI=1S/C15H26N2O4/c1-15(2,3)14(21)16-8-4-5-12(18)17-11(13(19)20)9-10-6-7-10/h10-11H,4-9H2,1-3H3,(H,16,21)(H,17,18)(H,19,20). The Labute approximate surface area is 125 Å². The predicted molar refractivity (Wildman–Crippen MR) is 78.6 cm³/mol. The first kappa shape index (κ1) is 17.5. The van der Waals surface area contributed by atoms with Crippen molar-refractivity contribution in [2.75, 3.05) is 6.54 Å². The second-order valence-electron chi connectivity index (χ2n) is 6.75. The fourth-order valence-electron chi connectivity index (χ4n) is 1.89. The SMILES string of the molecule is CC(C)(C)C(=O)NCCCC(=O)NC(CC1CC1)C(=O)O. The second kappa shape index (κ2) is 7.43. The first-order valence-corrected chi connectivity index (χ1v) is 7.50. The van der Waals surface area contributed by atoms with Gasteiger partial charge in [-0.25, -0.2) is 4.79 Å². The zero-order chi connectivity index (χ0) is 16.0. The molecule has 2 amide bonds. The molecule has 0 saturated heterocycles. The number of carboxylic acids is 1. The Bertz CT molecular complexity index is 397. The molecule has 1 saturated carbocycles. The molecule has 0 aromatic heterocycles. The summed E-state index contributed by atoms with van der Waals surface area (Å²) in [6, 6.07) is -0.783. The molecule has 0 aliphatic heterocycles. The lowest BCUT2D eigenvalue weighted by Gasteiger charge is -2.17. The summed E-state index contributed by atoms with van der Waals surface area (Å²) in [5, 5.41) is 14.4. The van der Waals surface area contributed by atoms with Gasteiger partial charge in [0.2, 0.25) is 11.8 Å². The number of rotatable bonds is 8. The number of hydrogen-bond acceptors (Lipinski definition) is 3. The highest BCUT2D eigenvalue weighted by molar-refractivity contribution is 5.83. The molecular formula is C15H26N2O4. The monoisotopic (exact) mass is 298 g/mol. The van der Waals surface area contributed by atoms with Crippen LogP contribution in [0.15, 0.2) is 0 Å². The Morgan fingerprint density at radius 1 is 1.24 bits per heavy atom. The number of carbonyl (C=O) groups is 3. The minimum Gasteiger partial charge on any atom is -0.480 e. The van der Waals surface area contributed by atoms with Crippen LogP contribution in [0.1, 0.15) is 52.9 Å². The van der Waals surface area contributed by atoms with Gasteiger partial charge in [-0.05, 0) is 18.8 Å². The number of nitrogens with one attached hydrogen (secondary N) is 2. The van der Waals surface area contributed by atoms with Gasteiger partial charge in [-0.1, -0.05) is 33.6 Å². The Morgan fingerprint density at radius 3 is 2.33 bits per heavy atom. The molecule has 3 N–H and O–H groups in total. The molecule has 0 aromatic carbocycles. The van der Waals surface area contributed by atoms with Gasteiger partial charge in [-0.2, -0.15) is 0 Å². The van der Waals surface area contributed by atoms with Crippen molar-refractivity contribution < 1.29 is 19.5 Å². The van der Waals surface area contributed by atoms with Gasteiger partial charge in [0.05, 0.1) is 0 Å². The Hall–Kier alpha value is -1.59. The van der Waals surface area contributed by atoms with Crippen LogP contribution in [0.25, 0.3) is 0 Å². The summed E-state index contributed by atoms with van der Waals surface area (Å²) in [5.41, 5.74) is -0.444. The number of hydrogen-bond donors (Lipinski definition) is 3. The molecule has 0 aromatic rings. The molecular weight excluding hydrogens is 272 g/mol. The summed E-state index contributed by atoms with van der Waals surface area (Å²) in [7, 11) is 0. The summed E-state index contributed by atoms with van der Waals surface area (Å²) < 4.78 is 0. The van der Waals surface area contributed by atoms with E-state index in [-0.39, 0.29) is 18.2 Å². The molecule has 1 atom stereocenters. The largest absolute Gasteiger partial charge is 0.480 e. The van der Waals surface area contributed by atoms with Crippen LogP contribution >= 0.6 is 0 Å². The summed E-state index contributed by atoms with van der Waals surface area (Å²) in [6.45, 7) is 5.89. The van der Waals surface area contributed by atoms with Gasteiger partial charge in [0.25, 0.3) is 0 Å². The molecule has 0 spiro atoms. The quantitative estimate of drug-likeness (QED) is 0.589. The van der Waals surface area contributed by atoms with Crippen molar-refractivity contribution in [2.24, 2.45) is 11.3 Å². The van der Waals surface area contributed by atoms with Crippen LogP contribution in [0.4, 0.5) is 0 Å². The average molecular weight is 298 g/mol. The van der Waals surface area contributed by atoms with Gasteiger partial charge in [0.1, 0.15) is 6.04 Å². The molecule has 1 aliphatic carbocycles. The van der Waals surface area contributed by atoms with Crippen molar-refractivity contribution in [3.63, 3.8) is 0 Å². The molecule has 1 fully saturated rings. The lowest BCUT2D eigenvalue weighted by atomic mass is 9.96. The van der Waals surface area contributed by atoms with Crippen molar-refractivity contribution >= 4 is 17.8 Å². The van der Waals surface area contributed by atoms with Gasteiger partial charge in [0.15, 0.2) is 0 Å². The van der Waals surface area contributed by atoms with Crippen LogP contribution in [0, 0.1) is 11.3 Å². The molecule has 21 heavy (non-hydrogen) atoms. The van der Waals surface area contributed by atoms with Crippen molar-refractivity contribution in [1.29, 1.82) is 0 Å². The van der Waals surface area contributed by atoms with E-state index in [2.05, 4.69) is 10.6 Å². The van der Waals surface area contributed by atoms with Crippen LogP contribution in [-0.2, 0) is 14.4 Å². The third-order valence-electron chi connectivity index (χ3n) is 3.45. The molecule has 1 rings (SSSR count). The third-order valence-corrected chi connectivity index (χ3v) is 3.45. The van der Waals surface area contributed by atoms with Crippen molar-refractivity contribution in [1.82, 2.24) is 10.6 Å². The number of amides is 2. The van der Waals surface area contributed by atoms with E-state index in [0.717, 1.165) is 12.8 Å². The first-order valence-electron chi connectivity index (χ1n) is 7.50. The highest BCUT2D eigenvalue weighted by atomic mass is 16.4. The van der Waals surface area contributed by atoms with Crippen molar-refractivity contribution in [2.45, 2.75) is 58.9 Å². The number of carbonyl (C=O) groups excluding carboxylic acids is 2. The molecule has 1 aliphatic rings. The lowest BCUT2D eigenvalue weighted by Crippen LogP contribution is -2.41. The summed E-state index contributed by atoms with van der Waals surface area (Å²) in [5.74, 6) is -0.859. The summed E-state index contributed by atoms with van der Waals surface area (Å²) >= 11 is 0. The van der Waals surface area contributed by atoms with E-state index in [4.69, 9.17) is 5.11 Å². The zero-order valence-electron chi connectivity index (χ0n) is 13.1. The van der Waals surface area contributed by atoms with E-state index in [9.17, 15) is 14.4 Å². The first-order chi connectivity index (χ1) is 9.70. The van der Waals surface area contributed by atoms with Crippen LogP contribution in [-0.4, -0.2) is 35.5 Å². The predicted octanol–water partition coefficient (Wildman–Crippen LogP) is 1.30. The van der Waals surface area contributed by atoms with E-state index < -0.39 is 17.4 Å². The van der Waals surface area contributed by atoms with Gasteiger partial charge >= 0.3 is 5.97 Å². The van der Waals surface area contributed by atoms with E-state index >= 15 is 0 Å². The van der Waals surface area contributed by atoms with Crippen LogP contribution in [0.3, 0.4) is 0 Å². The van der Waals surface area contributed by atoms with Gasteiger partial charge in [0, 0.05) is 18.4 Å². The van der Waals surface area contributed by atoms with Gasteiger partial charge < -0.3 is 15.7 Å². The fourth-order valence-corrected chi connectivity index (χ4v) is 1.89. The van der Waals surface area contributed by atoms with E-state index in [1.807, 2.05) is 20.8 Å². The summed E-state index contributed by atoms with van der Waals surface area (Å²) in [6.07, 6.45) is 3.35. The maximum Gasteiger partial charge on any atom is 0.326 e. The molecule has 120 valence electrons. The van der Waals surface area contributed by atoms with Crippen LogP contribution in [0.2, 0.25) is 0 Å². The lowest BCUT2D eigenvalue weighted by molar-refractivity contribution is -0.142. The molecule has 0 bridgehead atoms. The maximum absolute atomic E-state index is 11.7. The molecule has 6 heteroatoms. The minimum absolute atomic E-state index is 0.0555. The number of aliphatic carboxylic acids is 1. The highest BCUT2D eigenvalue weighted by Gasteiger charge is 2.30. The average Bonchev–Trinajstić information content (AvgIpc) is 3.16.